The number of carbonyl (C=O) groups is 1. The Bertz CT molecular complexity index is 834. The van der Waals surface area contributed by atoms with E-state index >= 15 is 0 Å². The summed E-state index contributed by atoms with van der Waals surface area (Å²) in [5, 5.41) is 0. The van der Waals surface area contributed by atoms with Crippen LogP contribution in [0.3, 0.4) is 0 Å². The molecule has 0 saturated carbocycles. The van der Waals surface area contributed by atoms with Gasteiger partial charge in [0.25, 0.3) is 5.91 Å². The number of benzene rings is 2. The van der Waals surface area contributed by atoms with Crippen molar-refractivity contribution in [2.45, 2.75) is 39.3 Å². The van der Waals surface area contributed by atoms with E-state index in [1.807, 2.05) is 12.1 Å². The molecule has 2 aliphatic heterocycles. The fourth-order valence-electron chi connectivity index (χ4n) is 3.90. The molecule has 4 rings (SSSR count). The highest BCUT2D eigenvalue weighted by Gasteiger charge is 2.19. The molecule has 4 nitrogen and oxygen atoms in total. The number of likely N-dealkylation sites (tertiary alicyclic amines) is 1. The average Bonchev–Trinajstić information content (AvgIpc) is 3.10. The Morgan fingerprint density at radius 3 is 2.56 bits per heavy atom. The van der Waals surface area contributed by atoms with Gasteiger partial charge >= 0.3 is 0 Å². The van der Waals surface area contributed by atoms with Crippen LogP contribution in [0.5, 0.6) is 5.75 Å². The highest BCUT2D eigenvalue weighted by Crippen LogP contribution is 2.26. The van der Waals surface area contributed by atoms with E-state index in [-0.39, 0.29) is 5.91 Å². The Morgan fingerprint density at radius 2 is 1.81 bits per heavy atom. The van der Waals surface area contributed by atoms with Crippen molar-refractivity contribution in [3.8, 4) is 5.75 Å². The zero-order chi connectivity index (χ0) is 18.6. The molecule has 27 heavy (non-hydrogen) atoms. The Labute approximate surface area is 160 Å². The normalized spacial score (nSPS) is 17.3. The van der Waals surface area contributed by atoms with Crippen LogP contribution in [0.2, 0.25) is 0 Å². The lowest BCUT2D eigenvalue weighted by Crippen LogP contribution is -2.32. The Hall–Kier alpha value is -2.46. The Kier molecular flexibility index (Phi) is 5.35. The van der Waals surface area contributed by atoms with Crippen molar-refractivity contribution in [2.24, 2.45) is 10.9 Å². The number of ether oxygens (including phenoxy) is 1. The van der Waals surface area contributed by atoms with E-state index < -0.39 is 0 Å². The fraction of sp³-hybridized carbons (Fsp3) is 0.391. The summed E-state index contributed by atoms with van der Waals surface area (Å²) in [6.45, 7) is 6.24. The molecule has 2 aliphatic rings. The van der Waals surface area contributed by atoms with Gasteiger partial charge in [0.2, 0.25) is 0 Å². The summed E-state index contributed by atoms with van der Waals surface area (Å²) in [5.74, 6) is 1.44. The van der Waals surface area contributed by atoms with E-state index in [0.717, 1.165) is 23.6 Å². The van der Waals surface area contributed by atoms with Gasteiger partial charge in [0, 0.05) is 18.3 Å². The summed E-state index contributed by atoms with van der Waals surface area (Å²) >= 11 is 0. The van der Waals surface area contributed by atoms with Gasteiger partial charge in [-0.05, 0) is 55.1 Å². The van der Waals surface area contributed by atoms with Gasteiger partial charge in [-0.15, -0.1) is 0 Å². The average molecular weight is 362 g/mol. The van der Waals surface area contributed by atoms with Crippen molar-refractivity contribution in [2.75, 3.05) is 13.1 Å². The second-order valence-electron chi connectivity index (χ2n) is 7.51. The predicted octanol–water partition coefficient (Wildman–Crippen LogP) is 4.46. The first-order chi connectivity index (χ1) is 13.2. The molecular formula is C23H26N2O2. The minimum absolute atomic E-state index is 0.192. The standard InChI is InChI=1S/C23H26N2O2/c1-2-17-10-12-25(13-11-17)15-18-6-8-19(9-7-18)16-27-22-5-3-4-20-21(22)14-24-23(20)26/h3-9,14,17H,2,10-13,15-16H2,1H3. The summed E-state index contributed by atoms with van der Waals surface area (Å²) in [5.41, 5.74) is 3.89. The third kappa shape index (κ3) is 4.11. The first-order valence-corrected chi connectivity index (χ1v) is 9.87. The maximum absolute atomic E-state index is 11.7. The monoisotopic (exact) mass is 362 g/mol. The molecule has 0 aromatic heterocycles. The predicted molar refractivity (Wildman–Crippen MR) is 107 cm³/mol. The van der Waals surface area contributed by atoms with Crippen LogP contribution in [0.25, 0.3) is 0 Å². The third-order valence-corrected chi connectivity index (χ3v) is 5.72. The molecule has 0 atom stereocenters. The van der Waals surface area contributed by atoms with Crippen LogP contribution in [-0.2, 0) is 13.2 Å². The van der Waals surface area contributed by atoms with Gasteiger partial charge in [0.05, 0.1) is 5.56 Å². The number of aliphatic imine (C=N–C) groups is 1. The zero-order valence-corrected chi connectivity index (χ0v) is 15.9. The number of nitrogens with zero attached hydrogens (tertiary/aromatic N) is 2. The van der Waals surface area contributed by atoms with Crippen LogP contribution >= 0.6 is 0 Å². The maximum Gasteiger partial charge on any atom is 0.277 e. The van der Waals surface area contributed by atoms with E-state index in [1.165, 1.54) is 37.9 Å². The SMILES string of the molecule is CCC1CCN(Cc2ccc(COc3cccc4c3C=NC4=O)cc2)CC1. The van der Waals surface area contributed by atoms with Gasteiger partial charge in [-0.2, -0.15) is 0 Å². The number of fused-ring (bicyclic) bond motifs is 1. The summed E-state index contributed by atoms with van der Waals surface area (Å²) in [6, 6.07) is 14.2. The number of hydrogen-bond donors (Lipinski definition) is 0. The second kappa shape index (κ2) is 8.05. The van der Waals surface area contributed by atoms with E-state index in [0.29, 0.717) is 17.9 Å². The van der Waals surface area contributed by atoms with E-state index in [1.54, 1.807) is 12.3 Å². The van der Waals surface area contributed by atoms with Crippen LogP contribution in [0.4, 0.5) is 0 Å². The maximum atomic E-state index is 11.7. The van der Waals surface area contributed by atoms with Crippen molar-refractivity contribution >= 4 is 12.1 Å². The number of amides is 1. The molecule has 0 N–H and O–H groups in total. The van der Waals surface area contributed by atoms with E-state index in [2.05, 4.69) is 41.1 Å². The van der Waals surface area contributed by atoms with Gasteiger partial charge in [-0.25, -0.2) is 4.99 Å². The van der Waals surface area contributed by atoms with Gasteiger partial charge in [0.15, 0.2) is 0 Å². The molecule has 140 valence electrons. The van der Waals surface area contributed by atoms with Crippen molar-refractivity contribution in [3.05, 3.63) is 64.7 Å². The van der Waals surface area contributed by atoms with Crippen LogP contribution in [0.1, 0.15) is 53.2 Å². The molecule has 4 heteroatoms. The molecule has 1 saturated heterocycles. The minimum atomic E-state index is -0.192. The quantitative estimate of drug-likeness (QED) is 0.762. The summed E-state index contributed by atoms with van der Waals surface area (Å²) < 4.78 is 5.94. The smallest absolute Gasteiger partial charge is 0.277 e. The highest BCUT2D eigenvalue weighted by molar-refractivity contribution is 6.14. The lowest BCUT2D eigenvalue weighted by Gasteiger charge is -2.31. The van der Waals surface area contributed by atoms with E-state index in [9.17, 15) is 4.79 Å². The molecular weight excluding hydrogens is 336 g/mol. The van der Waals surface area contributed by atoms with Crippen LogP contribution in [-0.4, -0.2) is 30.1 Å². The highest BCUT2D eigenvalue weighted by atomic mass is 16.5. The van der Waals surface area contributed by atoms with Gasteiger partial charge in [-0.3, -0.25) is 9.69 Å². The number of piperidine rings is 1. The first-order valence-electron chi connectivity index (χ1n) is 9.87. The molecule has 0 aliphatic carbocycles. The van der Waals surface area contributed by atoms with Crippen molar-refractivity contribution in [1.82, 2.24) is 4.90 Å². The molecule has 0 unspecified atom stereocenters. The second-order valence-corrected chi connectivity index (χ2v) is 7.51. The fourth-order valence-corrected chi connectivity index (χ4v) is 3.90. The molecule has 1 fully saturated rings. The van der Waals surface area contributed by atoms with E-state index in [4.69, 9.17) is 4.74 Å². The van der Waals surface area contributed by atoms with Crippen molar-refractivity contribution < 1.29 is 9.53 Å². The molecule has 2 heterocycles. The van der Waals surface area contributed by atoms with Crippen molar-refractivity contribution in [1.29, 1.82) is 0 Å². The summed E-state index contributed by atoms with van der Waals surface area (Å²) in [6.07, 6.45) is 5.57. The topological polar surface area (TPSA) is 41.9 Å². The molecule has 2 aromatic carbocycles. The van der Waals surface area contributed by atoms with Crippen molar-refractivity contribution in [3.63, 3.8) is 0 Å². The lowest BCUT2D eigenvalue weighted by molar-refractivity contribution is 0.101. The van der Waals surface area contributed by atoms with Gasteiger partial charge in [0.1, 0.15) is 12.4 Å². The number of carbonyl (C=O) groups excluding carboxylic acids is 1. The molecule has 0 radical (unpaired) electrons. The molecule has 1 amide bonds. The van der Waals surface area contributed by atoms with Crippen LogP contribution in [0, 0.1) is 5.92 Å². The van der Waals surface area contributed by atoms with Crippen LogP contribution < -0.4 is 4.74 Å². The van der Waals surface area contributed by atoms with Gasteiger partial charge in [-0.1, -0.05) is 43.7 Å². The third-order valence-electron chi connectivity index (χ3n) is 5.72. The minimum Gasteiger partial charge on any atom is -0.488 e. The molecule has 0 spiro atoms. The summed E-state index contributed by atoms with van der Waals surface area (Å²) in [7, 11) is 0. The Morgan fingerprint density at radius 1 is 1.07 bits per heavy atom. The Balaban J connectivity index is 1.33. The largest absolute Gasteiger partial charge is 0.488 e. The molecule has 2 aromatic rings. The lowest BCUT2D eigenvalue weighted by atomic mass is 9.94. The molecule has 0 bridgehead atoms. The zero-order valence-electron chi connectivity index (χ0n) is 15.9. The number of hydrogen-bond acceptors (Lipinski definition) is 3. The van der Waals surface area contributed by atoms with Crippen LogP contribution in [0.15, 0.2) is 47.5 Å². The first kappa shape index (κ1) is 17.9. The van der Waals surface area contributed by atoms with Gasteiger partial charge < -0.3 is 4.74 Å². The number of rotatable bonds is 6. The summed E-state index contributed by atoms with van der Waals surface area (Å²) in [4.78, 5) is 18.1.